The molecule has 0 aliphatic heterocycles. The lowest BCUT2D eigenvalue weighted by Gasteiger charge is -2.09. The molecule has 0 bridgehead atoms. The van der Waals surface area contributed by atoms with E-state index in [9.17, 15) is 4.79 Å². The van der Waals surface area contributed by atoms with Gasteiger partial charge in [0.1, 0.15) is 6.33 Å². The molecule has 0 fully saturated rings. The zero-order chi connectivity index (χ0) is 19.7. The van der Waals surface area contributed by atoms with Gasteiger partial charge in [-0.15, -0.1) is 0 Å². The fraction of sp³-hybridized carbons (Fsp3) is 0.143. The lowest BCUT2D eigenvalue weighted by Crippen LogP contribution is -2.29. The summed E-state index contributed by atoms with van der Waals surface area (Å²) in [6.45, 7) is 6.04. The summed E-state index contributed by atoms with van der Waals surface area (Å²) in [4.78, 5) is 21.0. The number of nitrogens with one attached hydrogen (secondary N) is 2. The van der Waals surface area contributed by atoms with Crippen LogP contribution in [0.5, 0.6) is 0 Å². The number of benzene rings is 2. The van der Waals surface area contributed by atoms with E-state index < -0.39 is 0 Å². The molecule has 0 saturated heterocycles. The van der Waals surface area contributed by atoms with Crippen LogP contribution >= 0.6 is 0 Å². The van der Waals surface area contributed by atoms with Gasteiger partial charge in [0, 0.05) is 5.56 Å². The average Bonchev–Trinajstić information content (AvgIpc) is 3.10. The Bertz CT molecular complexity index is 1160. The third kappa shape index (κ3) is 3.42. The van der Waals surface area contributed by atoms with Gasteiger partial charge in [0.2, 0.25) is 0 Å². The van der Waals surface area contributed by atoms with E-state index in [1.54, 1.807) is 16.9 Å². The standard InChI is InChI=1S/C21H20N6O/c1-13-5-4-6-16(8-13)21(28)26-25-19-18-11-24-27(20(18)23-12-22-19)17-9-14(2)7-15(3)10-17/h4-12H,1-3H3,(H,26,28)(H,22,23,25). The van der Waals surface area contributed by atoms with Crippen LogP contribution in [0.1, 0.15) is 27.0 Å². The maximum atomic E-state index is 12.4. The lowest BCUT2D eigenvalue weighted by molar-refractivity contribution is 0.0962. The maximum Gasteiger partial charge on any atom is 0.269 e. The normalized spacial score (nSPS) is 10.8. The Labute approximate surface area is 162 Å². The zero-order valence-corrected chi connectivity index (χ0v) is 15.9. The molecule has 0 spiro atoms. The van der Waals surface area contributed by atoms with Gasteiger partial charge in [-0.1, -0.05) is 23.8 Å². The van der Waals surface area contributed by atoms with Crippen molar-refractivity contribution >= 4 is 22.8 Å². The van der Waals surface area contributed by atoms with Crippen molar-refractivity contribution in [3.8, 4) is 5.69 Å². The van der Waals surface area contributed by atoms with Gasteiger partial charge in [-0.25, -0.2) is 14.6 Å². The predicted octanol–water partition coefficient (Wildman–Crippen LogP) is 3.50. The van der Waals surface area contributed by atoms with Crippen molar-refractivity contribution in [3.63, 3.8) is 0 Å². The molecule has 2 aromatic carbocycles. The first kappa shape index (κ1) is 17.7. The molecule has 140 valence electrons. The summed E-state index contributed by atoms with van der Waals surface area (Å²) in [7, 11) is 0. The molecule has 0 aliphatic rings. The van der Waals surface area contributed by atoms with E-state index in [0.29, 0.717) is 22.4 Å². The summed E-state index contributed by atoms with van der Waals surface area (Å²) in [5.41, 5.74) is 11.1. The monoisotopic (exact) mass is 372 g/mol. The number of carbonyl (C=O) groups is 1. The Hall–Kier alpha value is -3.74. The van der Waals surface area contributed by atoms with Gasteiger partial charge in [-0.3, -0.25) is 15.6 Å². The Morgan fingerprint density at radius 1 is 0.964 bits per heavy atom. The summed E-state index contributed by atoms with van der Waals surface area (Å²) in [6.07, 6.45) is 3.14. The largest absolute Gasteiger partial charge is 0.281 e. The minimum atomic E-state index is -0.239. The van der Waals surface area contributed by atoms with E-state index in [1.165, 1.54) is 6.33 Å². The van der Waals surface area contributed by atoms with Crippen LogP contribution in [0.4, 0.5) is 5.82 Å². The third-order valence-electron chi connectivity index (χ3n) is 4.39. The van der Waals surface area contributed by atoms with Crippen molar-refractivity contribution in [2.75, 3.05) is 5.43 Å². The number of hydrogen-bond acceptors (Lipinski definition) is 5. The smallest absolute Gasteiger partial charge is 0.269 e. The fourth-order valence-corrected chi connectivity index (χ4v) is 3.18. The first-order chi connectivity index (χ1) is 13.5. The highest BCUT2D eigenvalue weighted by molar-refractivity contribution is 5.96. The number of carbonyl (C=O) groups excluding carboxylic acids is 1. The maximum absolute atomic E-state index is 12.4. The van der Waals surface area contributed by atoms with Gasteiger partial charge < -0.3 is 0 Å². The van der Waals surface area contributed by atoms with Crippen LogP contribution in [0.3, 0.4) is 0 Å². The average molecular weight is 372 g/mol. The van der Waals surface area contributed by atoms with Gasteiger partial charge in [-0.2, -0.15) is 5.10 Å². The van der Waals surface area contributed by atoms with Gasteiger partial charge in [0.15, 0.2) is 11.5 Å². The van der Waals surface area contributed by atoms with Crippen molar-refractivity contribution in [1.29, 1.82) is 0 Å². The van der Waals surface area contributed by atoms with Gasteiger partial charge in [0.05, 0.1) is 17.3 Å². The van der Waals surface area contributed by atoms with Crippen molar-refractivity contribution < 1.29 is 4.79 Å². The second-order valence-corrected chi connectivity index (χ2v) is 6.81. The van der Waals surface area contributed by atoms with Crippen LogP contribution in [-0.4, -0.2) is 25.7 Å². The van der Waals surface area contributed by atoms with E-state index in [-0.39, 0.29) is 5.91 Å². The zero-order valence-electron chi connectivity index (χ0n) is 15.9. The Balaban J connectivity index is 1.62. The second-order valence-electron chi connectivity index (χ2n) is 6.81. The molecule has 4 rings (SSSR count). The molecule has 2 aromatic heterocycles. The van der Waals surface area contributed by atoms with E-state index in [0.717, 1.165) is 22.4 Å². The lowest BCUT2D eigenvalue weighted by atomic mass is 10.1. The highest BCUT2D eigenvalue weighted by atomic mass is 16.2. The number of nitrogens with zero attached hydrogens (tertiary/aromatic N) is 4. The number of hydrazine groups is 1. The molecule has 2 N–H and O–H groups in total. The Morgan fingerprint density at radius 3 is 2.50 bits per heavy atom. The minimum absolute atomic E-state index is 0.239. The first-order valence-electron chi connectivity index (χ1n) is 8.92. The fourth-order valence-electron chi connectivity index (χ4n) is 3.18. The molecule has 0 atom stereocenters. The number of aryl methyl sites for hydroxylation is 3. The van der Waals surface area contributed by atoms with Crippen molar-refractivity contribution in [3.05, 3.63) is 77.2 Å². The Kier molecular flexibility index (Phi) is 4.49. The van der Waals surface area contributed by atoms with Crippen LogP contribution in [0, 0.1) is 20.8 Å². The molecule has 2 heterocycles. The molecular formula is C21H20N6O. The first-order valence-corrected chi connectivity index (χ1v) is 8.92. The molecule has 4 aromatic rings. The van der Waals surface area contributed by atoms with E-state index >= 15 is 0 Å². The summed E-state index contributed by atoms with van der Waals surface area (Å²) in [6, 6.07) is 13.6. The molecule has 0 unspecified atom stereocenters. The minimum Gasteiger partial charge on any atom is -0.281 e. The second kappa shape index (κ2) is 7.11. The summed E-state index contributed by atoms with van der Waals surface area (Å²) >= 11 is 0. The summed E-state index contributed by atoms with van der Waals surface area (Å²) in [5, 5.41) is 5.18. The Morgan fingerprint density at radius 2 is 1.75 bits per heavy atom. The van der Waals surface area contributed by atoms with E-state index in [2.05, 4.69) is 32.0 Å². The van der Waals surface area contributed by atoms with E-state index in [1.807, 2.05) is 51.1 Å². The number of hydrogen-bond donors (Lipinski definition) is 2. The molecule has 28 heavy (non-hydrogen) atoms. The van der Waals surface area contributed by atoms with Crippen molar-refractivity contribution in [2.24, 2.45) is 0 Å². The molecule has 0 saturated carbocycles. The number of amides is 1. The van der Waals surface area contributed by atoms with Crippen LogP contribution in [0.15, 0.2) is 55.0 Å². The highest BCUT2D eigenvalue weighted by Crippen LogP contribution is 2.22. The third-order valence-corrected chi connectivity index (χ3v) is 4.39. The number of anilines is 1. The number of rotatable bonds is 4. The van der Waals surface area contributed by atoms with Gasteiger partial charge in [-0.05, 0) is 56.2 Å². The number of aromatic nitrogens is 4. The summed E-state index contributed by atoms with van der Waals surface area (Å²) < 4.78 is 1.77. The molecule has 7 heteroatoms. The molecule has 0 aliphatic carbocycles. The molecular weight excluding hydrogens is 352 g/mol. The highest BCUT2D eigenvalue weighted by Gasteiger charge is 2.13. The van der Waals surface area contributed by atoms with Crippen LogP contribution in [0.2, 0.25) is 0 Å². The van der Waals surface area contributed by atoms with Crippen LogP contribution < -0.4 is 10.9 Å². The van der Waals surface area contributed by atoms with Gasteiger partial charge in [0.25, 0.3) is 5.91 Å². The molecule has 7 nitrogen and oxygen atoms in total. The predicted molar refractivity (Wildman–Crippen MR) is 108 cm³/mol. The summed E-state index contributed by atoms with van der Waals surface area (Å²) in [5.74, 6) is 0.249. The molecule has 1 amide bonds. The van der Waals surface area contributed by atoms with E-state index in [4.69, 9.17) is 0 Å². The van der Waals surface area contributed by atoms with Crippen LogP contribution in [0.25, 0.3) is 16.7 Å². The quantitative estimate of drug-likeness (QED) is 0.536. The molecule has 0 radical (unpaired) electrons. The van der Waals surface area contributed by atoms with Gasteiger partial charge >= 0.3 is 0 Å². The van der Waals surface area contributed by atoms with Crippen LogP contribution in [-0.2, 0) is 0 Å². The van der Waals surface area contributed by atoms with Crippen molar-refractivity contribution in [1.82, 2.24) is 25.2 Å². The SMILES string of the molecule is Cc1cccc(C(=O)NNc2ncnc3c2cnn3-c2cc(C)cc(C)c2)c1. The number of fused-ring (bicyclic) bond motifs is 1. The topological polar surface area (TPSA) is 84.7 Å². The van der Waals surface area contributed by atoms with Crippen molar-refractivity contribution in [2.45, 2.75) is 20.8 Å².